The van der Waals surface area contributed by atoms with E-state index in [4.69, 9.17) is 0 Å². The maximum atomic E-state index is 11.2. The fourth-order valence-electron chi connectivity index (χ4n) is 2.20. The van der Waals surface area contributed by atoms with Crippen LogP contribution in [0.3, 0.4) is 0 Å². The highest BCUT2D eigenvalue weighted by Crippen LogP contribution is 2.36. The largest absolute Gasteiger partial charge is 0.330 e. The Kier molecular flexibility index (Phi) is 5.83. The van der Waals surface area contributed by atoms with Crippen molar-refractivity contribution in [3.05, 3.63) is 58.1 Å². The summed E-state index contributed by atoms with van der Waals surface area (Å²) in [5, 5.41) is 34.5. The molecular formula is C17H12N6O3S2. The molecule has 0 radical (unpaired) electrons. The second-order valence-corrected chi connectivity index (χ2v) is 7.68. The highest BCUT2D eigenvalue weighted by Gasteiger charge is 2.14. The van der Waals surface area contributed by atoms with Crippen molar-refractivity contribution in [3.8, 4) is 6.07 Å². The molecule has 2 N–H and O–H groups in total. The van der Waals surface area contributed by atoms with E-state index in [0.717, 1.165) is 5.69 Å². The van der Waals surface area contributed by atoms with Crippen molar-refractivity contribution in [2.45, 2.75) is 16.2 Å². The molecule has 140 valence electrons. The van der Waals surface area contributed by atoms with Crippen LogP contribution < -0.4 is 10.6 Å². The summed E-state index contributed by atoms with van der Waals surface area (Å²) < 4.78 is 0.575. The zero-order chi connectivity index (χ0) is 20.1. The number of amides is 1. The summed E-state index contributed by atoms with van der Waals surface area (Å²) in [5.74, 6) is -0.164. The van der Waals surface area contributed by atoms with Gasteiger partial charge in [0, 0.05) is 35.3 Å². The zero-order valence-corrected chi connectivity index (χ0v) is 16.0. The fourth-order valence-corrected chi connectivity index (χ4v) is 4.00. The minimum absolute atomic E-state index is 0.139. The van der Waals surface area contributed by atoms with Crippen LogP contribution in [0.2, 0.25) is 0 Å². The third-order valence-corrected chi connectivity index (χ3v) is 5.30. The van der Waals surface area contributed by atoms with Crippen molar-refractivity contribution in [2.75, 3.05) is 10.6 Å². The number of rotatable bonds is 6. The van der Waals surface area contributed by atoms with E-state index < -0.39 is 4.92 Å². The lowest BCUT2D eigenvalue weighted by Crippen LogP contribution is -2.05. The number of hydrogen-bond acceptors (Lipinski definition) is 9. The zero-order valence-electron chi connectivity index (χ0n) is 14.4. The van der Waals surface area contributed by atoms with Gasteiger partial charge in [-0.2, -0.15) is 5.26 Å². The number of carbonyl (C=O) groups is 1. The fraction of sp³-hybridized carbons (Fsp3) is 0.0588. The molecule has 0 saturated heterocycles. The van der Waals surface area contributed by atoms with Crippen molar-refractivity contribution < 1.29 is 9.72 Å². The summed E-state index contributed by atoms with van der Waals surface area (Å²) in [6, 6.07) is 13.2. The lowest BCUT2D eigenvalue weighted by molar-refractivity contribution is -0.384. The molecule has 2 aromatic carbocycles. The van der Waals surface area contributed by atoms with E-state index in [-0.39, 0.29) is 17.2 Å². The molecule has 0 aliphatic heterocycles. The second-order valence-electron chi connectivity index (χ2n) is 5.41. The van der Waals surface area contributed by atoms with Gasteiger partial charge in [0.25, 0.3) is 5.69 Å². The lowest BCUT2D eigenvalue weighted by atomic mass is 10.2. The highest BCUT2D eigenvalue weighted by molar-refractivity contribution is 8.01. The van der Waals surface area contributed by atoms with Crippen molar-refractivity contribution in [3.63, 3.8) is 0 Å². The standard InChI is InChI=1S/C17H12N6O3S2/c1-10(24)19-12-3-2-4-13(8-12)20-16-21-22-17(28-16)27-15-6-5-14(23(25)26)7-11(15)9-18/h2-8H,1H3,(H,19,24)(H,20,21). The Hall–Kier alpha value is -3.49. The van der Waals surface area contributed by atoms with Crippen molar-refractivity contribution in [2.24, 2.45) is 0 Å². The van der Waals surface area contributed by atoms with E-state index in [9.17, 15) is 20.2 Å². The molecule has 1 aromatic heterocycles. The van der Waals surface area contributed by atoms with Crippen molar-refractivity contribution in [1.82, 2.24) is 10.2 Å². The van der Waals surface area contributed by atoms with Gasteiger partial charge in [0.2, 0.25) is 11.0 Å². The third kappa shape index (κ3) is 4.81. The van der Waals surface area contributed by atoms with Gasteiger partial charge in [0.05, 0.1) is 10.5 Å². The predicted molar refractivity (Wildman–Crippen MR) is 106 cm³/mol. The van der Waals surface area contributed by atoms with Crippen molar-refractivity contribution >= 4 is 51.2 Å². The molecule has 3 rings (SSSR count). The molecule has 9 nitrogen and oxygen atoms in total. The summed E-state index contributed by atoms with van der Waals surface area (Å²) in [4.78, 5) is 22.0. The first-order chi connectivity index (χ1) is 13.4. The molecule has 0 unspecified atom stereocenters. The van der Waals surface area contributed by atoms with Crippen LogP contribution in [-0.4, -0.2) is 21.0 Å². The Morgan fingerprint density at radius 2 is 2.04 bits per heavy atom. The smallest absolute Gasteiger partial charge is 0.270 e. The molecule has 11 heteroatoms. The topological polar surface area (TPSA) is 134 Å². The van der Waals surface area contributed by atoms with Gasteiger partial charge < -0.3 is 10.6 Å². The van der Waals surface area contributed by atoms with Crippen LogP contribution in [0.1, 0.15) is 12.5 Å². The van der Waals surface area contributed by atoms with Crippen molar-refractivity contribution in [1.29, 1.82) is 5.26 Å². The molecule has 1 heterocycles. The molecule has 0 aliphatic carbocycles. The Morgan fingerprint density at radius 3 is 2.75 bits per heavy atom. The molecule has 0 spiro atoms. The SMILES string of the molecule is CC(=O)Nc1cccc(Nc2nnc(Sc3ccc([N+](=O)[O-])cc3C#N)s2)c1. The van der Waals surface area contributed by atoms with E-state index in [1.54, 1.807) is 18.2 Å². The molecule has 0 saturated carbocycles. The van der Waals surface area contributed by atoms with Crippen LogP contribution in [0.5, 0.6) is 0 Å². The first-order valence-electron chi connectivity index (χ1n) is 7.79. The summed E-state index contributed by atoms with van der Waals surface area (Å²) in [5.41, 5.74) is 1.44. The van der Waals surface area contributed by atoms with E-state index in [0.29, 0.717) is 20.1 Å². The van der Waals surface area contributed by atoms with Crippen LogP contribution in [0.4, 0.5) is 22.2 Å². The minimum atomic E-state index is -0.544. The molecular weight excluding hydrogens is 400 g/mol. The number of anilines is 3. The Balaban J connectivity index is 1.74. The number of nitriles is 1. The number of nitrogens with zero attached hydrogens (tertiary/aromatic N) is 4. The van der Waals surface area contributed by atoms with Gasteiger partial charge in [-0.1, -0.05) is 29.2 Å². The van der Waals surface area contributed by atoms with Crippen LogP contribution in [0.15, 0.2) is 51.7 Å². The number of nitro groups is 1. The van der Waals surface area contributed by atoms with E-state index in [1.807, 2.05) is 12.1 Å². The van der Waals surface area contributed by atoms with Gasteiger partial charge >= 0.3 is 0 Å². The van der Waals surface area contributed by atoms with E-state index >= 15 is 0 Å². The van der Waals surface area contributed by atoms with Gasteiger partial charge in [0.1, 0.15) is 6.07 Å². The molecule has 1 amide bonds. The van der Waals surface area contributed by atoms with Gasteiger partial charge in [0.15, 0.2) is 4.34 Å². The summed E-state index contributed by atoms with van der Waals surface area (Å²) in [6.07, 6.45) is 0. The number of nitro benzene ring substituents is 1. The van der Waals surface area contributed by atoms with Crippen LogP contribution in [-0.2, 0) is 4.79 Å². The number of nitrogens with one attached hydrogen (secondary N) is 2. The third-order valence-electron chi connectivity index (χ3n) is 3.33. The number of benzene rings is 2. The summed E-state index contributed by atoms with van der Waals surface area (Å²) in [6.45, 7) is 1.43. The monoisotopic (exact) mass is 412 g/mol. The number of aromatic nitrogens is 2. The first kappa shape index (κ1) is 19.3. The summed E-state index contributed by atoms with van der Waals surface area (Å²) >= 11 is 2.48. The normalized spacial score (nSPS) is 10.1. The number of carbonyl (C=O) groups excluding carboxylic acids is 1. The predicted octanol–water partition coefficient (Wildman–Crippen LogP) is 4.17. The number of hydrogen-bond donors (Lipinski definition) is 2. The highest BCUT2D eigenvalue weighted by atomic mass is 32.2. The molecule has 0 fully saturated rings. The van der Waals surface area contributed by atoms with Gasteiger partial charge in [-0.15, -0.1) is 10.2 Å². The molecule has 28 heavy (non-hydrogen) atoms. The van der Waals surface area contributed by atoms with Crippen LogP contribution in [0, 0.1) is 21.4 Å². The maximum Gasteiger partial charge on any atom is 0.270 e. The Labute approximate surface area is 167 Å². The average molecular weight is 412 g/mol. The summed E-state index contributed by atoms with van der Waals surface area (Å²) in [7, 11) is 0. The molecule has 0 atom stereocenters. The minimum Gasteiger partial charge on any atom is -0.330 e. The maximum absolute atomic E-state index is 11.2. The van der Waals surface area contributed by atoms with Crippen LogP contribution >= 0.6 is 23.1 Å². The van der Waals surface area contributed by atoms with E-state index in [2.05, 4.69) is 20.8 Å². The molecule has 0 bridgehead atoms. The second kappa shape index (κ2) is 8.47. The number of non-ortho nitro benzene ring substituents is 1. The van der Waals surface area contributed by atoms with E-state index in [1.165, 1.54) is 48.2 Å². The van der Waals surface area contributed by atoms with Gasteiger partial charge in [-0.05, 0) is 24.3 Å². The first-order valence-corrected chi connectivity index (χ1v) is 9.42. The van der Waals surface area contributed by atoms with Gasteiger partial charge in [-0.25, -0.2) is 0 Å². The molecule has 0 aliphatic rings. The quantitative estimate of drug-likeness (QED) is 0.455. The Morgan fingerprint density at radius 1 is 1.25 bits per heavy atom. The lowest BCUT2D eigenvalue weighted by Gasteiger charge is -2.05. The van der Waals surface area contributed by atoms with Crippen LogP contribution in [0.25, 0.3) is 0 Å². The van der Waals surface area contributed by atoms with Gasteiger partial charge in [-0.3, -0.25) is 14.9 Å². The Bertz CT molecular complexity index is 1090. The molecule has 3 aromatic rings. The average Bonchev–Trinajstić information content (AvgIpc) is 3.08.